The van der Waals surface area contributed by atoms with E-state index in [0.29, 0.717) is 19.6 Å². The first-order valence-corrected chi connectivity index (χ1v) is 8.50. The van der Waals surface area contributed by atoms with Crippen LogP contribution < -0.4 is 10.6 Å². The van der Waals surface area contributed by atoms with Crippen molar-refractivity contribution < 1.29 is 24.2 Å². The van der Waals surface area contributed by atoms with Gasteiger partial charge in [0.2, 0.25) is 0 Å². The Morgan fingerprint density at radius 3 is 2.60 bits per heavy atom. The SMILES string of the molecule is CC1(NC(=O)OCc2ccccc2)CNCCO1.CCCCC(=O)O. The van der Waals surface area contributed by atoms with Crippen molar-refractivity contribution in [2.24, 2.45) is 0 Å². The highest BCUT2D eigenvalue weighted by molar-refractivity contribution is 5.68. The number of carboxylic acids is 1. The average molecular weight is 352 g/mol. The second-order valence-corrected chi connectivity index (χ2v) is 5.94. The summed E-state index contributed by atoms with van der Waals surface area (Å²) in [6.07, 6.45) is 1.61. The lowest BCUT2D eigenvalue weighted by Gasteiger charge is -2.34. The zero-order valence-corrected chi connectivity index (χ0v) is 14.9. The van der Waals surface area contributed by atoms with Crippen molar-refractivity contribution in [1.82, 2.24) is 10.6 Å². The third-order valence-corrected chi connectivity index (χ3v) is 3.49. The molecule has 1 unspecified atom stereocenters. The Morgan fingerprint density at radius 1 is 1.36 bits per heavy atom. The van der Waals surface area contributed by atoms with Gasteiger partial charge in [-0.15, -0.1) is 0 Å². The largest absolute Gasteiger partial charge is 0.481 e. The molecule has 1 fully saturated rings. The minimum absolute atomic E-state index is 0.260. The van der Waals surface area contributed by atoms with Crippen LogP contribution in [0.25, 0.3) is 0 Å². The van der Waals surface area contributed by atoms with E-state index in [4.69, 9.17) is 14.6 Å². The fourth-order valence-corrected chi connectivity index (χ4v) is 2.11. The quantitative estimate of drug-likeness (QED) is 0.728. The highest BCUT2D eigenvalue weighted by Crippen LogP contribution is 2.09. The molecule has 140 valence electrons. The zero-order chi connectivity index (χ0) is 18.5. The van der Waals surface area contributed by atoms with Gasteiger partial charge in [0, 0.05) is 19.5 Å². The second kappa shape index (κ2) is 11.4. The maximum absolute atomic E-state index is 11.6. The number of morpholine rings is 1. The zero-order valence-electron chi connectivity index (χ0n) is 14.9. The Balaban J connectivity index is 0.000000381. The first-order chi connectivity index (χ1) is 11.9. The first-order valence-electron chi connectivity index (χ1n) is 8.50. The molecule has 0 aromatic heterocycles. The molecule has 2 rings (SSSR count). The smallest absolute Gasteiger partial charge is 0.409 e. The van der Waals surface area contributed by atoms with Crippen LogP contribution in [0.3, 0.4) is 0 Å². The minimum atomic E-state index is -0.693. The highest BCUT2D eigenvalue weighted by atomic mass is 16.6. The number of carbonyl (C=O) groups is 2. The van der Waals surface area contributed by atoms with Gasteiger partial charge in [-0.3, -0.25) is 10.1 Å². The number of alkyl carbamates (subject to hydrolysis) is 1. The van der Waals surface area contributed by atoms with Gasteiger partial charge in [0.05, 0.1) is 6.61 Å². The Labute approximate surface area is 148 Å². The van der Waals surface area contributed by atoms with Crippen LogP contribution in [0.5, 0.6) is 0 Å². The lowest BCUT2D eigenvalue weighted by Crippen LogP contribution is -2.58. The van der Waals surface area contributed by atoms with E-state index < -0.39 is 17.8 Å². The van der Waals surface area contributed by atoms with Gasteiger partial charge < -0.3 is 19.9 Å². The van der Waals surface area contributed by atoms with Crippen LogP contribution in [0.2, 0.25) is 0 Å². The summed E-state index contributed by atoms with van der Waals surface area (Å²) in [5.74, 6) is -0.693. The summed E-state index contributed by atoms with van der Waals surface area (Å²) < 4.78 is 10.7. The van der Waals surface area contributed by atoms with Crippen molar-refractivity contribution in [1.29, 1.82) is 0 Å². The Hall–Kier alpha value is -2.12. The van der Waals surface area contributed by atoms with E-state index in [9.17, 15) is 9.59 Å². The number of benzene rings is 1. The lowest BCUT2D eigenvalue weighted by molar-refractivity contribution is -0.137. The van der Waals surface area contributed by atoms with Crippen molar-refractivity contribution in [2.75, 3.05) is 19.7 Å². The third kappa shape index (κ3) is 9.69. The summed E-state index contributed by atoms with van der Waals surface area (Å²) >= 11 is 0. The predicted octanol–water partition coefficient (Wildman–Crippen LogP) is 2.51. The molecule has 1 aromatic rings. The molecule has 0 aliphatic carbocycles. The number of carboxylic acid groups (broad SMARTS) is 1. The van der Waals surface area contributed by atoms with Gasteiger partial charge in [-0.25, -0.2) is 4.79 Å². The number of hydrogen-bond acceptors (Lipinski definition) is 5. The molecular weight excluding hydrogens is 324 g/mol. The molecule has 0 radical (unpaired) electrons. The Bertz CT molecular complexity index is 515. The van der Waals surface area contributed by atoms with Crippen molar-refractivity contribution in [2.45, 2.75) is 45.4 Å². The van der Waals surface area contributed by atoms with Crippen LogP contribution in [0.15, 0.2) is 30.3 Å². The van der Waals surface area contributed by atoms with Crippen molar-refractivity contribution >= 4 is 12.1 Å². The number of hydrogen-bond donors (Lipinski definition) is 3. The fraction of sp³-hybridized carbons (Fsp3) is 0.556. The maximum atomic E-state index is 11.6. The molecule has 3 N–H and O–H groups in total. The van der Waals surface area contributed by atoms with Gasteiger partial charge in [0.25, 0.3) is 0 Å². The summed E-state index contributed by atoms with van der Waals surface area (Å²) in [6.45, 7) is 6.02. The number of rotatable bonds is 6. The molecule has 1 aliphatic rings. The van der Waals surface area contributed by atoms with Gasteiger partial charge in [-0.2, -0.15) is 0 Å². The summed E-state index contributed by atoms with van der Waals surface area (Å²) in [6, 6.07) is 9.56. The van der Waals surface area contributed by atoms with Gasteiger partial charge in [-0.05, 0) is 18.9 Å². The minimum Gasteiger partial charge on any atom is -0.481 e. The van der Waals surface area contributed by atoms with E-state index in [2.05, 4.69) is 10.6 Å². The summed E-state index contributed by atoms with van der Waals surface area (Å²) in [4.78, 5) is 21.4. The predicted molar refractivity (Wildman–Crippen MR) is 94.2 cm³/mol. The third-order valence-electron chi connectivity index (χ3n) is 3.49. The summed E-state index contributed by atoms with van der Waals surface area (Å²) in [7, 11) is 0. The monoisotopic (exact) mass is 352 g/mol. The first kappa shape index (κ1) is 20.9. The average Bonchev–Trinajstić information content (AvgIpc) is 2.60. The van der Waals surface area contributed by atoms with Crippen LogP contribution in [0, 0.1) is 0 Å². The van der Waals surface area contributed by atoms with Crippen LogP contribution in [-0.4, -0.2) is 42.6 Å². The normalized spacial score (nSPS) is 19.3. The van der Waals surface area contributed by atoms with Gasteiger partial charge in [0.15, 0.2) is 5.72 Å². The van der Waals surface area contributed by atoms with Crippen LogP contribution in [0.4, 0.5) is 4.79 Å². The van der Waals surface area contributed by atoms with Crippen LogP contribution in [0.1, 0.15) is 38.7 Å². The maximum Gasteiger partial charge on any atom is 0.409 e. The Kier molecular flexibility index (Phi) is 9.57. The number of nitrogens with one attached hydrogen (secondary N) is 2. The molecule has 1 saturated heterocycles. The molecule has 25 heavy (non-hydrogen) atoms. The summed E-state index contributed by atoms with van der Waals surface area (Å²) in [5.41, 5.74) is 0.270. The van der Waals surface area contributed by atoms with Crippen molar-refractivity contribution in [3.8, 4) is 0 Å². The molecule has 7 heteroatoms. The lowest BCUT2D eigenvalue weighted by atomic mass is 10.2. The number of amides is 1. The highest BCUT2D eigenvalue weighted by Gasteiger charge is 2.30. The van der Waals surface area contributed by atoms with E-state index in [1.165, 1.54) is 0 Å². The molecule has 1 amide bonds. The van der Waals surface area contributed by atoms with Crippen molar-refractivity contribution in [3.63, 3.8) is 0 Å². The molecule has 1 aliphatic heterocycles. The van der Waals surface area contributed by atoms with E-state index >= 15 is 0 Å². The molecule has 1 aromatic carbocycles. The number of unbranched alkanes of at least 4 members (excludes halogenated alkanes) is 1. The van der Waals surface area contributed by atoms with Gasteiger partial charge in [-0.1, -0.05) is 43.7 Å². The molecular formula is C18H28N2O5. The molecule has 1 heterocycles. The van der Waals surface area contributed by atoms with E-state index in [0.717, 1.165) is 24.9 Å². The number of ether oxygens (including phenoxy) is 2. The van der Waals surface area contributed by atoms with Gasteiger partial charge in [0.1, 0.15) is 6.61 Å². The van der Waals surface area contributed by atoms with Crippen molar-refractivity contribution in [3.05, 3.63) is 35.9 Å². The van der Waals surface area contributed by atoms with Crippen LogP contribution in [-0.2, 0) is 20.9 Å². The fourth-order valence-electron chi connectivity index (χ4n) is 2.11. The Morgan fingerprint density at radius 2 is 2.08 bits per heavy atom. The molecule has 1 atom stereocenters. The molecule has 7 nitrogen and oxygen atoms in total. The number of aliphatic carboxylic acids is 1. The van der Waals surface area contributed by atoms with Crippen LogP contribution >= 0.6 is 0 Å². The van der Waals surface area contributed by atoms with Gasteiger partial charge >= 0.3 is 12.1 Å². The van der Waals surface area contributed by atoms with E-state index in [-0.39, 0.29) is 6.61 Å². The standard InChI is InChI=1S/C13H18N2O3.C5H10O2/c1-13(10-14-7-8-18-13)15-12(16)17-9-11-5-3-2-4-6-11;1-2-3-4-5(6)7/h2-6,14H,7-10H2,1H3,(H,15,16);2-4H2,1H3,(H,6,7). The van der Waals surface area contributed by atoms with E-state index in [1.807, 2.05) is 44.2 Å². The number of carbonyl (C=O) groups excluding carboxylic acids is 1. The summed E-state index contributed by atoms with van der Waals surface area (Å²) in [5, 5.41) is 13.9. The second-order valence-electron chi connectivity index (χ2n) is 5.94. The van der Waals surface area contributed by atoms with E-state index in [1.54, 1.807) is 0 Å². The molecule has 0 bridgehead atoms. The molecule has 0 saturated carbocycles. The molecule has 0 spiro atoms. The topological polar surface area (TPSA) is 96.9 Å².